The zero-order valence-corrected chi connectivity index (χ0v) is 10.2. The van der Waals surface area contributed by atoms with E-state index in [1.807, 2.05) is 18.2 Å². The molecule has 0 radical (unpaired) electrons. The van der Waals surface area contributed by atoms with Gasteiger partial charge in [0.1, 0.15) is 6.10 Å². The molecule has 17 heavy (non-hydrogen) atoms. The molecule has 0 spiro atoms. The summed E-state index contributed by atoms with van der Waals surface area (Å²) in [7, 11) is 0. The van der Waals surface area contributed by atoms with Gasteiger partial charge in [0.2, 0.25) is 5.88 Å². The topological polar surface area (TPSA) is 25.4 Å². The standard InChI is InChI=1S/C14H20N2O/c1-2-9-15-14(6-1)17-13-7-10-16(11-8-13)12-4-3-5-12/h1-2,6,9,12-13H,3-5,7-8,10-11H2. The van der Waals surface area contributed by atoms with Crippen LogP contribution in [0.1, 0.15) is 32.1 Å². The van der Waals surface area contributed by atoms with Gasteiger partial charge in [0.25, 0.3) is 0 Å². The van der Waals surface area contributed by atoms with Crippen molar-refractivity contribution in [2.45, 2.75) is 44.2 Å². The molecular formula is C14H20N2O. The van der Waals surface area contributed by atoms with Crippen molar-refractivity contribution in [1.29, 1.82) is 0 Å². The SMILES string of the molecule is c1ccc(OC2CCN(C3CCC3)CC2)nc1. The highest BCUT2D eigenvalue weighted by Crippen LogP contribution is 2.28. The average molecular weight is 232 g/mol. The monoisotopic (exact) mass is 232 g/mol. The third-order valence-corrected chi connectivity index (χ3v) is 3.99. The summed E-state index contributed by atoms with van der Waals surface area (Å²) in [5, 5.41) is 0. The Morgan fingerprint density at radius 3 is 2.53 bits per heavy atom. The molecule has 0 aromatic carbocycles. The van der Waals surface area contributed by atoms with Gasteiger partial charge in [-0.1, -0.05) is 12.5 Å². The van der Waals surface area contributed by atoms with Gasteiger partial charge < -0.3 is 9.64 Å². The molecule has 1 saturated heterocycles. The number of hydrogen-bond donors (Lipinski definition) is 0. The minimum absolute atomic E-state index is 0.362. The summed E-state index contributed by atoms with van der Waals surface area (Å²) >= 11 is 0. The van der Waals surface area contributed by atoms with E-state index in [0.717, 1.165) is 24.8 Å². The van der Waals surface area contributed by atoms with E-state index >= 15 is 0 Å². The van der Waals surface area contributed by atoms with Crippen LogP contribution in [0.25, 0.3) is 0 Å². The Morgan fingerprint density at radius 1 is 1.12 bits per heavy atom. The first kappa shape index (κ1) is 11.0. The number of hydrogen-bond acceptors (Lipinski definition) is 3. The summed E-state index contributed by atoms with van der Waals surface area (Å²) in [6.07, 6.45) is 8.69. The summed E-state index contributed by atoms with van der Waals surface area (Å²) in [5.41, 5.74) is 0. The van der Waals surface area contributed by atoms with Gasteiger partial charge in [-0.05, 0) is 31.7 Å². The fraction of sp³-hybridized carbons (Fsp3) is 0.643. The van der Waals surface area contributed by atoms with Crippen LogP contribution in [-0.2, 0) is 0 Å². The summed E-state index contributed by atoms with van der Waals surface area (Å²) in [6.45, 7) is 2.39. The van der Waals surface area contributed by atoms with Crippen LogP contribution in [0.3, 0.4) is 0 Å². The van der Waals surface area contributed by atoms with Crippen LogP contribution in [0.4, 0.5) is 0 Å². The zero-order valence-electron chi connectivity index (χ0n) is 10.2. The predicted molar refractivity (Wildman–Crippen MR) is 67.1 cm³/mol. The fourth-order valence-electron chi connectivity index (χ4n) is 2.70. The van der Waals surface area contributed by atoms with Gasteiger partial charge in [-0.2, -0.15) is 0 Å². The quantitative estimate of drug-likeness (QED) is 0.800. The maximum atomic E-state index is 5.90. The summed E-state index contributed by atoms with van der Waals surface area (Å²) in [5.74, 6) is 0.773. The highest BCUT2D eigenvalue weighted by atomic mass is 16.5. The van der Waals surface area contributed by atoms with Crippen LogP contribution in [-0.4, -0.2) is 35.1 Å². The van der Waals surface area contributed by atoms with E-state index in [9.17, 15) is 0 Å². The second kappa shape index (κ2) is 5.05. The Kier molecular flexibility index (Phi) is 3.27. The second-order valence-corrected chi connectivity index (χ2v) is 5.11. The number of likely N-dealkylation sites (tertiary alicyclic amines) is 1. The highest BCUT2D eigenvalue weighted by molar-refractivity contribution is 5.09. The number of rotatable bonds is 3. The number of piperidine rings is 1. The van der Waals surface area contributed by atoms with Gasteiger partial charge in [0.05, 0.1) is 0 Å². The Bertz CT molecular complexity index is 342. The molecule has 1 aromatic heterocycles. The molecule has 0 amide bonds. The predicted octanol–water partition coefficient (Wildman–Crippen LogP) is 2.48. The molecule has 92 valence electrons. The molecule has 0 unspecified atom stereocenters. The van der Waals surface area contributed by atoms with E-state index < -0.39 is 0 Å². The molecule has 1 aliphatic carbocycles. The zero-order chi connectivity index (χ0) is 11.5. The van der Waals surface area contributed by atoms with E-state index in [2.05, 4.69) is 9.88 Å². The van der Waals surface area contributed by atoms with Crippen LogP contribution in [0.2, 0.25) is 0 Å². The van der Waals surface area contributed by atoms with Crippen LogP contribution in [0, 0.1) is 0 Å². The molecule has 3 rings (SSSR count). The number of pyridine rings is 1. The lowest BCUT2D eigenvalue weighted by atomic mass is 9.90. The molecule has 2 aliphatic rings. The lowest BCUT2D eigenvalue weighted by Crippen LogP contribution is -2.46. The molecule has 1 saturated carbocycles. The highest BCUT2D eigenvalue weighted by Gasteiger charge is 2.29. The molecule has 1 aromatic rings. The fourth-order valence-corrected chi connectivity index (χ4v) is 2.70. The minimum Gasteiger partial charge on any atom is -0.474 e. The second-order valence-electron chi connectivity index (χ2n) is 5.11. The Balaban J connectivity index is 1.48. The summed E-state index contributed by atoms with van der Waals surface area (Å²) in [4.78, 5) is 6.86. The van der Waals surface area contributed by atoms with Crippen molar-refractivity contribution in [3.8, 4) is 5.88 Å². The van der Waals surface area contributed by atoms with Crippen molar-refractivity contribution in [1.82, 2.24) is 9.88 Å². The van der Waals surface area contributed by atoms with E-state index in [4.69, 9.17) is 4.74 Å². The van der Waals surface area contributed by atoms with Crippen LogP contribution in [0.5, 0.6) is 5.88 Å². The summed E-state index contributed by atoms with van der Waals surface area (Å²) in [6, 6.07) is 6.72. The van der Waals surface area contributed by atoms with Gasteiger partial charge in [-0.15, -0.1) is 0 Å². The van der Waals surface area contributed by atoms with Gasteiger partial charge >= 0.3 is 0 Å². The molecular weight excluding hydrogens is 212 g/mol. The van der Waals surface area contributed by atoms with Gasteiger partial charge in [-0.3, -0.25) is 0 Å². The Morgan fingerprint density at radius 2 is 1.94 bits per heavy atom. The van der Waals surface area contributed by atoms with Crippen molar-refractivity contribution < 1.29 is 4.74 Å². The average Bonchev–Trinajstić information content (AvgIpc) is 2.31. The van der Waals surface area contributed by atoms with Crippen LogP contribution in [0.15, 0.2) is 24.4 Å². The van der Waals surface area contributed by atoms with Gasteiger partial charge in [0.15, 0.2) is 0 Å². The van der Waals surface area contributed by atoms with E-state index in [0.29, 0.717) is 6.10 Å². The largest absolute Gasteiger partial charge is 0.474 e. The molecule has 1 aliphatic heterocycles. The first-order valence-corrected chi connectivity index (χ1v) is 6.73. The van der Waals surface area contributed by atoms with E-state index in [1.165, 1.54) is 32.4 Å². The molecule has 0 atom stereocenters. The maximum absolute atomic E-state index is 5.90. The Labute approximate surface area is 103 Å². The first-order chi connectivity index (χ1) is 8.42. The minimum atomic E-state index is 0.362. The van der Waals surface area contributed by atoms with Crippen molar-refractivity contribution >= 4 is 0 Å². The molecule has 0 N–H and O–H groups in total. The third-order valence-electron chi connectivity index (χ3n) is 3.99. The lowest BCUT2D eigenvalue weighted by molar-refractivity contribution is 0.0475. The van der Waals surface area contributed by atoms with Crippen LogP contribution < -0.4 is 4.74 Å². The van der Waals surface area contributed by atoms with Crippen molar-refractivity contribution in [2.75, 3.05) is 13.1 Å². The Hall–Kier alpha value is -1.09. The maximum Gasteiger partial charge on any atom is 0.213 e. The van der Waals surface area contributed by atoms with Crippen molar-refractivity contribution in [3.63, 3.8) is 0 Å². The molecule has 0 bridgehead atoms. The number of aromatic nitrogens is 1. The third kappa shape index (κ3) is 2.60. The molecule has 2 heterocycles. The van der Waals surface area contributed by atoms with Gasteiger partial charge in [-0.25, -0.2) is 4.98 Å². The normalized spacial score (nSPS) is 23.3. The van der Waals surface area contributed by atoms with Crippen molar-refractivity contribution in [3.05, 3.63) is 24.4 Å². The van der Waals surface area contributed by atoms with Crippen LogP contribution >= 0.6 is 0 Å². The number of ether oxygens (including phenoxy) is 1. The lowest BCUT2D eigenvalue weighted by Gasteiger charge is -2.41. The summed E-state index contributed by atoms with van der Waals surface area (Å²) < 4.78 is 5.90. The van der Waals surface area contributed by atoms with E-state index in [-0.39, 0.29) is 0 Å². The first-order valence-electron chi connectivity index (χ1n) is 6.73. The van der Waals surface area contributed by atoms with E-state index in [1.54, 1.807) is 6.20 Å². The van der Waals surface area contributed by atoms with Gasteiger partial charge in [0, 0.05) is 31.4 Å². The smallest absolute Gasteiger partial charge is 0.213 e. The number of nitrogens with zero attached hydrogens (tertiary/aromatic N) is 2. The molecule has 3 heteroatoms. The molecule has 2 fully saturated rings. The van der Waals surface area contributed by atoms with Crippen molar-refractivity contribution in [2.24, 2.45) is 0 Å². The molecule has 3 nitrogen and oxygen atoms in total.